The molecule has 0 aliphatic rings. The summed E-state index contributed by atoms with van der Waals surface area (Å²) in [5, 5.41) is 3.37. The molecule has 0 bridgehead atoms. The van der Waals surface area contributed by atoms with Gasteiger partial charge in [-0.3, -0.25) is 4.90 Å². The van der Waals surface area contributed by atoms with E-state index in [9.17, 15) is 4.39 Å². The van der Waals surface area contributed by atoms with Crippen molar-refractivity contribution in [2.24, 2.45) is 5.41 Å². The molecule has 1 atom stereocenters. The molecule has 0 aliphatic carbocycles. The van der Waals surface area contributed by atoms with Crippen LogP contribution in [0.5, 0.6) is 0 Å². The zero-order chi connectivity index (χ0) is 16.2. The topological polar surface area (TPSA) is 15.3 Å². The Kier molecular flexibility index (Phi) is 6.36. The third-order valence-corrected chi connectivity index (χ3v) is 4.16. The van der Waals surface area contributed by atoms with Crippen LogP contribution >= 0.6 is 0 Å². The summed E-state index contributed by atoms with van der Waals surface area (Å²) in [6, 6.07) is 6.25. The molecule has 0 amide bonds. The van der Waals surface area contributed by atoms with Crippen molar-refractivity contribution in [2.45, 2.75) is 66.7 Å². The van der Waals surface area contributed by atoms with Gasteiger partial charge in [0.2, 0.25) is 0 Å². The van der Waals surface area contributed by atoms with Gasteiger partial charge in [0.25, 0.3) is 0 Å². The van der Waals surface area contributed by atoms with Crippen LogP contribution in [-0.4, -0.2) is 24.0 Å². The van der Waals surface area contributed by atoms with Crippen LogP contribution in [0.25, 0.3) is 0 Å². The van der Waals surface area contributed by atoms with Crippen LogP contribution in [0.15, 0.2) is 18.2 Å². The minimum absolute atomic E-state index is 0.115. The molecule has 0 radical (unpaired) electrons. The third kappa shape index (κ3) is 5.76. The molecule has 1 aromatic rings. The summed E-state index contributed by atoms with van der Waals surface area (Å²) in [4.78, 5) is 2.22. The molecule has 0 fully saturated rings. The second-order valence-corrected chi connectivity index (χ2v) is 7.42. The van der Waals surface area contributed by atoms with Crippen LogP contribution in [0.3, 0.4) is 0 Å². The van der Waals surface area contributed by atoms with Gasteiger partial charge in [-0.05, 0) is 31.0 Å². The van der Waals surface area contributed by atoms with Crippen LogP contribution in [0.1, 0.15) is 52.7 Å². The number of hydrogen-bond acceptors (Lipinski definition) is 2. The molecule has 21 heavy (non-hydrogen) atoms. The Labute approximate surface area is 129 Å². The van der Waals surface area contributed by atoms with Gasteiger partial charge in [0.15, 0.2) is 0 Å². The van der Waals surface area contributed by atoms with Crippen molar-refractivity contribution in [2.75, 3.05) is 7.05 Å². The fourth-order valence-corrected chi connectivity index (χ4v) is 2.25. The molecule has 2 nitrogen and oxygen atoms in total. The summed E-state index contributed by atoms with van der Waals surface area (Å²) in [6.07, 6.45) is 0. The first-order valence-electron chi connectivity index (χ1n) is 7.82. The lowest BCUT2D eigenvalue weighted by Gasteiger charge is -2.35. The smallest absolute Gasteiger partial charge is 0.127 e. The molecule has 1 rings (SSSR count). The monoisotopic (exact) mass is 294 g/mol. The van der Waals surface area contributed by atoms with Crippen molar-refractivity contribution in [1.29, 1.82) is 0 Å². The summed E-state index contributed by atoms with van der Waals surface area (Å²) in [7, 11) is 2.06. The Balaban J connectivity index is 2.80. The van der Waals surface area contributed by atoms with E-state index in [1.807, 2.05) is 12.1 Å². The van der Waals surface area contributed by atoms with E-state index in [0.717, 1.165) is 17.7 Å². The molecule has 3 heteroatoms. The molecule has 0 spiro atoms. The minimum atomic E-state index is -0.115. The average Bonchev–Trinajstić information content (AvgIpc) is 2.37. The van der Waals surface area contributed by atoms with E-state index >= 15 is 0 Å². The van der Waals surface area contributed by atoms with Crippen molar-refractivity contribution in [3.63, 3.8) is 0 Å². The Morgan fingerprint density at radius 2 is 1.81 bits per heavy atom. The van der Waals surface area contributed by atoms with Gasteiger partial charge in [0, 0.05) is 30.7 Å². The third-order valence-electron chi connectivity index (χ3n) is 4.16. The fourth-order valence-electron chi connectivity index (χ4n) is 2.25. The van der Waals surface area contributed by atoms with Crippen LogP contribution in [-0.2, 0) is 13.1 Å². The highest BCUT2D eigenvalue weighted by Crippen LogP contribution is 2.25. The predicted molar refractivity (Wildman–Crippen MR) is 88.8 cm³/mol. The molecule has 0 aliphatic heterocycles. The maximum Gasteiger partial charge on any atom is 0.127 e. The summed E-state index contributed by atoms with van der Waals surface area (Å²) < 4.78 is 14.0. The van der Waals surface area contributed by atoms with E-state index in [2.05, 4.69) is 58.8 Å². The van der Waals surface area contributed by atoms with Crippen molar-refractivity contribution >= 4 is 0 Å². The lowest BCUT2D eigenvalue weighted by atomic mass is 9.87. The average molecular weight is 294 g/mol. The Bertz CT molecular complexity index is 449. The second-order valence-electron chi connectivity index (χ2n) is 7.42. The van der Waals surface area contributed by atoms with E-state index in [4.69, 9.17) is 0 Å². The summed E-state index contributed by atoms with van der Waals surface area (Å²) in [5.41, 5.74) is 2.09. The lowest BCUT2D eigenvalue weighted by Crippen LogP contribution is -2.39. The first-order valence-corrected chi connectivity index (χ1v) is 7.82. The maximum atomic E-state index is 14.0. The minimum Gasteiger partial charge on any atom is -0.310 e. The van der Waals surface area contributed by atoms with Gasteiger partial charge in [-0.1, -0.05) is 46.8 Å². The molecule has 1 N–H and O–H groups in total. The lowest BCUT2D eigenvalue weighted by molar-refractivity contribution is 0.133. The van der Waals surface area contributed by atoms with E-state index < -0.39 is 0 Å². The zero-order valence-electron chi connectivity index (χ0n) is 14.6. The summed E-state index contributed by atoms with van der Waals surface area (Å²) in [6.45, 7) is 14.5. The van der Waals surface area contributed by atoms with Crippen LogP contribution < -0.4 is 5.32 Å². The number of benzene rings is 1. The highest BCUT2D eigenvalue weighted by molar-refractivity contribution is 5.25. The van der Waals surface area contributed by atoms with Crippen molar-refractivity contribution in [3.8, 4) is 0 Å². The van der Waals surface area contributed by atoms with Crippen LogP contribution in [0.2, 0.25) is 0 Å². The fraction of sp³-hybridized carbons (Fsp3) is 0.667. The van der Waals surface area contributed by atoms with E-state index in [0.29, 0.717) is 18.6 Å². The van der Waals surface area contributed by atoms with E-state index in [1.54, 1.807) is 6.07 Å². The number of nitrogens with one attached hydrogen (secondary N) is 1. The standard InChI is InChI=1S/C18H31FN2/c1-13(2)20-11-15-8-9-17(19)16(10-15)12-21(7)14(3)18(4,5)6/h8-10,13-14,20H,11-12H2,1-7H3. The number of nitrogens with zero attached hydrogens (tertiary/aromatic N) is 1. The molecule has 120 valence electrons. The van der Waals surface area contributed by atoms with E-state index in [1.165, 1.54) is 0 Å². The Hall–Kier alpha value is -0.930. The first kappa shape index (κ1) is 18.1. The number of halogens is 1. The molecular formula is C18H31FN2. The molecule has 0 saturated carbocycles. The highest BCUT2D eigenvalue weighted by Gasteiger charge is 2.24. The summed E-state index contributed by atoms with van der Waals surface area (Å²) in [5.74, 6) is -0.115. The van der Waals surface area contributed by atoms with Gasteiger partial charge in [0.1, 0.15) is 5.82 Å². The van der Waals surface area contributed by atoms with Gasteiger partial charge >= 0.3 is 0 Å². The molecule has 0 aromatic heterocycles. The molecule has 1 unspecified atom stereocenters. The molecule has 1 aromatic carbocycles. The van der Waals surface area contributed by atoms with Crippen LogP contribution in [0, 0.1) is 11.2 Å². The van der Waals surface area contributed by atoms with Gasteiger partial charge in [-0.2, -0.15) is 0 Å². The maximum absolute atomic E-state index is 14.0. The van der Waals surface area contributed by atoms with Gasteiger partial charge < -0.3 is 5.32 Å². The van der Waals surface area contributed by atoms with Gasteiger partial charge in [-0.25, -0.2) is 4.39 Å². The molecule has 0 heterocycles. The Morgan fingerprint density at radius 3 is 2.33 bits per heavy atom. The summed E-state index contributed by atoms with van der Waals surface area (Å²) >= 11 is 0. The van der Waals surface area contributed by atoms with Gasteiger partial charge in [-0.15, -0.1) is 0 Å². The van der Waals surface area contributed by atoms with Gasteiger partial charge in [0.05, 0.1) is 0 Å². The zero-order valence-corrected chi connectivity index (χ0v) is 14.6. The quantitative estimate of drug-likeness (QED) is 0.846. The second kappa shape index (κ2) is 7.37. The predicted octanol–water partition coefficient (Wildman–Crippen LogP) is 4.19. The molecular weight excluding hydrogens is 263 g/mol. The Morgan fingerprint density at radius 1 is 1.19 bits per heavy atom. The largest absolute Gasteiger partial charge is 0.310 e. The van der Waals surface area contributed by atoms with Crippen LogP contribution in [0.4, 0.5) is 4.39 Å². The van der Waals surface area contributed by atoms with Crippen molar-refractivity contribution in [3.05, 3.63) is 35.1 Å². The first-order chi connectivity index (χ1) is 9.61. The molecule has 0 saturated heterocycles. The van der Waals surface area contributed by atoms with Crippen molar-refractivity contribution in [1.82, 2.24) is 10.2 Å². The SMILES string of the molecule is CC(C)NCc1ccc(F)c(CN(C)C(C)C(C)(C)C)c1. The number of hydrogen-bond donors (Lipinski definition) is 1. The number of rotatable bonds is 6. The van der Waals surface area contributed by atoms with Crippen molar-refractivity contribution < 1.29 is 4.39 Å². The van der Waals surface area contributed by atoms with E-state index in [-0.39, 0.29) is 11.2 Å². The highest BCUT2D eigenvalue weighted by atomic mass is 19.1. The normalized spacial score (nSPS) is 14.0.